The summed E-state index contributed by atoms with van der Waals surface area (Å²) in [5.74, 6) is -0.796. The van der Waals surface area contributed by atoms with Crippen LogP contribution in [0.4, 0.5) is 0 Å². The van der Waals surface area contributed by atoms with E-state index in [4.69, 9.17) is 9.84 Å². The number of nitrogens with one attached hydrogen (secondary N) is 1. The van der Waals surface area contributed by atoms with Gasteiger partial charge in [-0.1, -0.05) is 0 Å². The Hall–Kier alpha value is -2.96. The minimum absolute atomic E-state index is 0.0367. The first-order chi connectivity index (χ1) is 10.6. The van der Waals surface area contributed by atoms with E-state index in [1.807, 2.05) is 0 Å². The van der Waals surface area contributed by atoms with Crippen LogP contribution in [0, 0.1) is 0 Å². The molecule has 3 rings (SSSR count). The van der Waals surface area contributed by atoms with Gasteiger partial charge in [0.25, 0.3) is 5.91 Å². The first-order valence-corrected chi connectivity index (χ1v) is 6.73. The van der Waals surface area contributed by atoms with E-state index in [2.05, 4.69) is 15.3 Å². The summed E-state index contributed by atoms with van der Waals surface area (Å²) in [4.78, 5) is 31.1. The van der Waals surface area contributed by atoms with Crippen molar-refractivity contribution in [2.75, 3.05) is 6.61 Å². The molecule has 0 saturated carbocycles. The molecule has 2 N–H and O–H groups in total. The number of carboxylic acid groups (broad SMARTS) is 1. The number of carbonyl (C=O) groups excluding carboxylic acids is 1. The van der Waals surface area contributed by atoms with Gasteiger partial charge in [-0.2, -0.15) is 0 Å². The van der Waals surface area contributed by atoms with Crippen molar-refractivity contribution in [1.82, 2.24) is 15.3 Å². The van der Waals surface area contributed by atoms with Crippen LogP contribution in [0.5, 0.6) is 5.75 Å². The van der Waals surface area contributed by atoms with E-state index in [0.717, 1.165) is 6.20 Å². The predicted molar refractivity (Wildman–Crippen MR) is 75.8 cm³/mol. The van der Waals surface area contributed by atoms with Crippen LogP contribution in [0.15, 0.2) is 36.7 Å². The number of aromatic carboxylic acids is 1. The van der Waals surface area contributed by atoms with Crippen LogP contribution in [0.3, 0.4) is 0 Å². The standard InChI is InChI=1S/C15H13N3O4/c19-14(11-4-3-9(8-17-11)15(20)21)18-10-5-7-22-12-2-1-6-16-13(10)12/h1-4,6,8,10H,5,7H2,(H,18,19)(H,20,21). The number of pyridine rings is 2. The van der Waals surface area contributed by atoms with Crippen molar-refractivity contribution in [1.29, 1.82) is 0 Å². The third kappa shape index (κ3) is 2.73. The predicted octanol–water partition coefficient (Wildman–Crippen LogP) is 1.43. The van der Waals surface area contributed by atoms with Gasteiger partial charge in [-0.3, -0.25) is 14.8 Å². The molecule has 1 amide bonds. The molecule has 2 aromatic rings. The van der Waals surface area contributed by atoms with E-state index in [1.54, 1.807) is 18.3 Å². The lowest BCUT2D eigenvalue weighted by atomic mass is 10.1. The number of nitrogens with zero attached hydrogens (tertiary/aromatic N) is 2. The van der Waals surface area contributed by atoms with Crippen LogP contribution in [0.1, 0.15) is 39.0 Å². The van der Waals surface area contributed by atoms with Crippen molar-refractivity contribution in [2.24, 2.45) is 0 Å². The highest BCUT2D eigenvalue weighted by Crippen LogP contribution is 2.29. The van der Waals surface area contributed by atoms with E-state index >= 15 is 0 Å². The molecule has 2 aromatic heterocycles. The molecule has 1 aliphatic heterocycles. The Morgan fingerprint density at radius 1 is 1.27 bits per heavy atom. The molecule has 22 heavy (non-hydrogen) atoms. The fourth-order valence-corrected chi connectivity index (χ4v) is 2.24. The summed E-state index contributed by atoms with van der Waals surface area (Å²) in [6.45, 7) is 0.495. The molecule has 0 bridgehead atoms. The van der Waals surface area contributed by atoms with Gasteiger partial charge < -0.3 is 15.2 Å². The largest absolute Gasteiger partial charge is 0.491 e. The fraction of sp³-hybridized carbons (Fsp3) is 0.200. The zero-order valence-corrected chi connectivity index (χ0v) is 11.5. The fourth-order valence-electron chi connectivity index (χ4n) is 2.24. The highest BCUT2D eigenvalue weighted by molar-refractivity contribution is 5.94. The molecule has 7 heteroatoms. The van der Waals surface area contributed by atoms with Gasteiger partial charge in [0.2, 0.25) is 0 Å². The number of amides is 1. The number of carbonyl (C=O) groups is 2. The van der Waals surface area contributed by atoms with Crippen LogP contribution in [0.25, 0.3) is 0 Å². The lowest BCUT2D eigenvalue weighted by molar-refractivity contribution is 0.0695. The zero-order chi connectivity index (χ0) is 15.5. The molecule has 7 nitrogen and oxygen atoms in total. The van der Waals surface area contributed by atoms with Crippen LogP contribution < -0.4 is 10.1 Å². The Balaban J connectivity index is 1.76. The summed E-state index contributed by atoms with van der Waals surface area (Å²) in [6.07, 6.45) is 3.42. The van der Waals surface area contributed by atoms with E-state index < -0.39 is 5.97 Å². The monoisotopic (exact) mass is 299 g/mol. The second kappa shape index (κ2) is 5.80. The van der Waals surface area contributed by atoms with E-state index in [-0.39, 0.29) is 23.2 Å². The van der Waals surface area contributed by atoms with Crippen molar-refractivity contribution >= 4 is 11.9 Å². The lowest BCUT2D eigenvalue weighted by Gasteiger charge is -2.25. The molecule has 1 aliphatic rings. The van der Waals surface area contributed by atoms with Gasteiger partial charge in [-0.15, -0.1) is 0 Å². The number of hydrogen-bond donors (Lipinski definition) is 2. The van der Waals surface area contributed by atoms with Crippen LogP contribution in [0.2, 0.25) is 0 Å². The SMILES string of the molecule is O=C(O)c1ccc(C(=O)NC2CCOc3cccnc32)nc1. The summed E-state index contributed by atoms with van der Waals surface area (Å²) in [5.41, 5.74) is 0.882. The van der Waals surface area contributed by atoms with Crippen LogP contribution >= 0.6 is 0 Å². The van der Waals surface area contributed by atoms with Gasteiger partial charge in [0.05, 0.1) is 18.2 Å². The number of ether oxygens (including phenoxy) is 1. The Morgan fingerprint density at radius 3 is 2.86 bits per heavy atom. The maximum Gasteiger partial charge on any atom is 0.337 e. The molecule has 112 valence electrons. The number of rotatable bonds is 3. The quantitative estimate of drug-likeness (QED) is 0.889. The second-order valence-corrected chi connectivity index (χ2v) is 4.79. The molecule has 0 saturated heterocycles. The van der Waals surface area contributed by atoms with E-state index in [9.17, 15) is 9.59 Å². The summed E-state index contributed by atoms with van der Waals surface area (Å²) in [6, 6.07) is 6.06. The maximum atomic E-state index is 12.2. The number of aromatic nitrogens is 2. The molecule has 0 radical (unpaired) electrons. The summed E-state index contributed by atoms with van der Waals surface area (Å²) >= 11 is 0. The summed E-state index contributed by atoms with van der Waals surface area (Å²) in [7, 11) is 0. The number of hydrogen-bond acceptors (Lipinski definition) is 5. The van der Waals surface area contributed by atoms with Gasteiger partial charge in [-0.25, -0.2) is 4.79 Å². The topological polar surface area (TPSA) is 101 Å². The number of fused-ring (bicyclic) bond motifs is 1. The van der Waals surface area contributed by atoms with E-state index in [0.29, 0.717) is 24.5 Å². The van der Waals surface area contributed by atoms with Gasteiger partial charge >= 0.3 is 5.97 Å². The molecule has 0 fully saturated rings. The maximum absolute atomic E-state index is 12.2. The summed E-state index contributed by atoms with van der Waals surface area (Å²) in [5, 5.41) is 11.7. The molecule has 0 spiro atoms. The van der Waals surface area contributed by atoms with Gasteiger partial charge in [0.15, 0.2) is 0 Å². The molecule has 0 aliphatic carbocycles. The average molecular weight is 299 g/mol. The Kier molecular flexibility index (Phi) is 3.69. The Bertz CT molecular complexity index is 715. The minimum atomic E-state index is -1.08. The highest BCUT2D eigenvalue weighted by atomic mass is 16.5. The minimum Gasteiger partial charge on any atom is -0.491 e. The summed E-state index contributed by atoms with van der Waals surface area (Å²) < 4.78 is 5.49. The van der Waals surface area contributed by atoms with Crippen molar-refractivity contribution in [3.05, 3.63) is 53.6 Å². The molecular weight excluding hydrogens is 286 g/mol. The zero-order valence-electron chi connectivity index (χ0n) is 11.5. The van der Waals surface area contributed by atoms with Crippen molar-refractivity contribution in [3.63, 3.8) is 0 Å². The first kappa shape index (κ1) is 14.0. The van der Waals surface area contributed by atoms with Gasteiger partial charge in [0.1, 0.15) is 17.1 Å². The molecule has 1 unspecified atom stereocenters. The Labute approximate surface area is 126 Å². The van der Waals surface area contributed by atoms with E-state index in [1.165, 1.54) is 12.1 Å². The lowest BCUT2D eigenvalue weighted by Crippen LogP contribution is -2.33. The van der Waals surface area contributed by atoms with Crippen molar-refractivity contribution < 1.29 is 19.4 Å². The smallest absolute Gasteiger partial charge is 0.337 e. The first-order valence-electron chi connectivity index (χ1n) is 6.73. The third-order valence-corrected chi connectivity index (χ3v) is 3.34. The second-order valence-electron chi connectivity index (χ2n) is 4.79. The molecule has 1 atom stereocenters. The van der Waals surface area contributed by atoms with Crippen molar-refractivity contribution in [2.45, 2.75) is 12.5 Å². The van der Waals surface area contributed by atoms with Crippen LogP contribution in [-0.2, 0) is 0 Å². The molecule has 3 heterocycles. The number of carboxylic acids is 1. The molecular formula is C15H13N3O4. The van der Waals surface area contributed by atoms with Crippen molar-refractivity contribution in [3.8, 4) is 5.75 Å². The molecule has 0 aromatic carbocycles. The normalized spacial score (nSPS) is 16.3. The highest BCUT2D eigenvalue weighted by Gasteiger charge is 2.24. The Morgan fingerprint density at radius 2 is 2.14 bits per heavy atom. The van der Waals surface area contributed by atoms with Gasteiger partial charge in [0, 0.05) is 18.8 Å². The van der Waals surface area contributed by atoms with Crippen LogP contribution in [-0.4, -0.2) is 33.6 Å². The van der Waals surface area contributed by atoms with Gasteiger partial charge in [-0.05, 0) is 24.3 Å². The average Bonchev–Trinajstić information content (AvgIpc) is 2.55. The third-order valence-electron chi connectivity index (χ3n) is 3.34.